The topological polar surface area (TPSA) is 67.9 Å². The van der Waals surface area contributed by atoms with Gasteiger partial charge in [-0.3, -0.25) is 9.59 Å². The zero-order valence-corrected chi connectivity index (χ0v) is 17.7. The first-order valence-corrected chi connectivity index (χ1v) is 11.2. The fourth-order valence-electron chi connectivity index (χ4n) is 4.12. The van der Waals surface area contributed by atoms with Crippen LogP contribution in [0.3, 0.4) is 0 Å². The number of nitrogens with one attached hydrogen (secondary N) is 1. The van der Waals surface area contributed by atoms with Crippen LogP contribution >= 0.6 is 11.3 Å². The smallest absolute Gasteiger partial charge is 0.265 e. The van der Waals surface area contributed by atoms with Crippen LogP contribution in [0.1, 0.15) is 44.5 Å². The molecule has 1 atom stereocenters. The second-order valence-corrected chi connectivity index (χ2v) is 8.52. The summed E-state index contributed by atoms with van der Waals surface area (Å²) in [6.45, 7) is 1.79. The second-order valence-electron chi connectivity index (χ2n) is 7.57. The molecular weight excluding hydrogens is 412 g/mol. The van der Waals surface area contributed by atoms with Crippen LogP contribution in [0.25, 0.3) is 0 Å². The number of ether oxygens (including phenoxy) is 2. The summed E-state index contributed by atoms with van der Waals surface area (Å²) in [6, 6.07) is 16.7. The number of carbonyl (C=O) groups excluding carboxylic acids is 2. The summed E-state index contributed by atoms with van der Waals surface area (Å²) in [7, 11) is 0. The molecule has 158 valence electrons. The number of thiophene rings is 1. The van der Waals surface area contributed by atoms with Crippen molar-refractivity contribution < 1.29 is 19.1 Å². The number of likely N-dealkylation sites (tertiary alicyclic amines) is 1. The van der Waals surface area contributed by atoms with Crippen LogP contribution in [0.5, 0.6) is 11.5 Å². The lowest BCUT2D eigenvalue weighted by molar-refractivity contribution is 0.0735. The highest BCUT2D eigenvalue weighted by Gasteiger charge is 2.31. The summed E-state index contributed by atoms with van der Waals surface area (Å²) in [4.78, 5) is 28.2. The zero-order chi connectivity index (χ0) is 21.2. The van der Waals surface area contributed by atoms with Crippen LogP contribution in [0.15, 0.2) is 60.0 Å². The van der Waals surface area contributed by atoms with Crippen LogP contribution in [-0.4, -0.2) is 36.5 Å². The Labute approximate surface area is 184 Å². The molecule has 2 aliphatic heterocycles. The van der Waals surface area contributed by atoms with Crippen molar-refractivity contribution >= 4 is 28.8 Å². The fraction of sp³-hybridized carbons (Fsp3) is 0.250. The largest absolute Gasteiger partial charge is 0.486 e. The molecule has 2 aliphatic rings. The first kappa shape index (κ1) is 19.6. The van der Waals surface area contributed by atoms with E-state index in [-0.39, 0.29) is 17.9 Å². The molecule has 3 aromatic rings. The number of hydrogen-bond donors (Lipinski definition) is 1. The van der Waals surface area contributed by atoms with Gasteiger partial charge in [0, 0.05) is 17.8 Å². The first-order chi connectivity index (χ1) is 15.2. The molecule has 0 spiro atoms. The van der Waals surface area contributed by atoms with Crippen molar-refractivity contribution in [2.45, 2.75) is 18.9 Å². The Kier molecular flexibility index (Phi) is 5.34. The van der Waals surface area contributed by atoms with Crippen molar-refractivity contribution in [3.8, 4) is 11.5 Å². The summed E-state index contributed by atoms with van der Waals surface area (Å²) >= 11 is 1.38. The van der Waals surface area contributed by atoms with Crippen molar-refractivity contribution in [3.05, 3.63) is 76.0 Å². The van der Waals surface area contributed by atoms with Gasteiger partial charge in [-0.15, -0.1) is 11.3 Å². The number of rotatable bonds is 4. The predicted octanol–water partition coefficient (Wildman–Crippen LogP) is 4.75. The number of fused-ring (bicyclic) bond motifs is 1. The maximum absolute atomic E-state index is 13.3. The molecule has 7 heteroatoms. The Morgan fingerprint density at radius 2 is 1.87 bits per heavy atom. The minimum atomic E-state index is -0.171. The number of hydrogen-bond acceptors (Lipinski definition) is 5. The van der Waals surface area contributed by atoms with Crippen molar-refractivity contribution in [3.63, 3.8) is 0 Å². The molecule has 3 heterocycles. The van der Waals surface area contributed by atoms with Crippen molar-refractivity contribution in [1.82, 2.24) is 4.90 Å². The van der Waals surface area contributed by atoms with E-state index in [0.29, 0.717) is 35.9 Å². The maximum Gasteiger partial charge on any atom is 0.265 e. The Morgan fingerprint density at radius 3 is 2.71 bits per heavy atom. The van der Waals surface area contributed by atoms with Gasteiger partial charge >= 0.3 is 0 Å². The lowest BCUT2D eigenvalue weighted by Crippen LogP contribution is -2.30. The number of nitrogens with zero attached hydrogens (tertiary/aromatic N) is 1. The van der Waals surface area contributed by atoms with E-state index in [2.05, 4.69) is 5.32 Å². The summed E-state index contributed by atoms with van der Waals surface area (Å²) in [6.07, 6.45) is 1.85. The van der Waals surface area contributed by atoms with Gasteiger partial charge in [0.2, 0.25) is 0 Å². The molecule has 2 aromatic carbocycles. The second kappa shape index (κ2) is 8.43. The highest BCUT2D eigenvalue weighted by molar-refractivity contribution is 7.12. The molecule has 2 amide bonds. The third-order valence-electron chi connectivity index (χ3n) is 5.58. The Balaban J connectivity index is 1.35. The van der Waals surface area contributed by atoms with Gasteiger partial charge in [-0.05, 0) is 60.2 Å². The van der Waals surface area contributed by atoms with Crippen LogP contribution in [0, 0.1) is 0 Å². The summed E-state index contributed by atoms with van der Waals surface area (Å²) in [5.41, 5.74) is 2.23. The normalized spacial score (nSPS) is 17.4. The molecule has 0 unspecified atom stereocenters. The predicted molar refractivity (Wildman–Crippen MR) is 119 cm³/mol. The summed E-state index contributed by atoms with van der Waals surface area (Å²) < 4.78 is 11.3. The quantitative estimate of drug-likeness (QED) is 0.644. The fourth-order valence-corrected chi connectivity index (χ4v) is 4.74. The Bertz CT molecular complexity index is 1110. The lowest BCUT2D eigenvalue weighted by Gasteiger charge is -2.27. The van der Waals surface area contributed by atoms with E-state index < -0.39 is 0 Å². The van der Waals surface area contributed by atoms with Crippen LogP contribution < -0.4 is 14.8 Å². The van der Waals surface area contributed by atoms with Crippen molar-refractivity contribution in [2.24, 2.45) is 0 Å². The summed E-state index contributed by atoms with van der Waals surface area (Å²) in [5, 5.41) is 4.74. The van der Waals surface area contributed by atoms with E-state index in [1.807, 2.05) is 34.5 Å². The molecule has 31 heavy (non-hydrogen) atoms. The van der Waals surface area contributed by atoms with Crippen molar-refractivity contribution in [2.75, 3.05) is 25.1 Å². The molecular formula is C24H22N2O4S. The van der Waals surface area contributed by atoms with Gasteiger partial charge in [0.1, 0.15) is 13.2 Å². The molecule has 6 nitrogen and oxygen atoms in total. The molecule has 0 aliphatic carbocycles. The lowest BCUT2D eigenvalue weighted by atomic mass is 10.0. The Morgan fingerprint density at radius 1 is 1.00 bits per heavy atom. The third kappa shape index (κ3) is 4.01. The molecule has 5 rings (SSSR count). The average Bonchev–Trinajstić information content (AvgIpc) is 3.51. The van der Waals surface area contributed by atoms with Gasteiger partial charge in [0.05, 0.1) is 10.9 Å². The van der Waals surface area contributed by atoms with E-state index in [0.717, 1.165) is 29.9 Å². The number of anilines is 1. The van der Waals surface area contributed by atoms with Crippen LogP contribution in [0.4, 0.5) is 5.69 Å². The van der Waals surface area contributed by atoms with Gasteiger partial charge in [0.15, 0.2) is 11.5 Å². The monoisotopic (exact) mass is 434 g/mol. The SMILES string of the molecule is O=C(Nc1cccc(C(=O)N2CCC[C@H]2c2ccc3c(c2)OCCO3)c1)c1cccs1. The molecule has 1 aromatic heterocycles. The molecule has 0 radical (unpaired) electrons. The standard InChI is InChI=1S/C24H22N2O4S/c27-23(22-7-3-13-31-22)25-18-5-1-4-17(14-18)24(28)26-10-2-6-19(26)16-8-9-20-21(15-16)30-12-11-29-20/h1,3-5,7-9,13-15,19H,2,6,10-12H2,(H,25,27)/t19-/m0/s1. The summed E-state index contributed by atoms with van der Waals surface area (Å²) in [5.74, 6) is 1.28. The highest BCUT2D eigenvalue weighted by Crippen LogP contribution is 2.38. The molecule has 1 N–H and O–H groups in total. The van der Waals surface area contributed by atoms with Gasteiger partial charge < -0.3 is 19.7 Å². The maximum atomic E-state index is 13.3. The highest BCUT2D eigenvalue weighted by atomic mass is 32.1. The van der Waals surface area contributed by atoms with Gasteiger partial charge in [-0.2, -0.15) is 0 Å². The number of carbonyl (C=O) groups is 2. The Hall–Kier alpha value is -3.32. The molecule has 1 fully saturated rings. The zero-order valence-electron chi connectivity index (χ0n) is 16.9. The number of amides is 2. The van der Waals surface area contributed by atoms with E-state index in [1.54, 1.807) is 30.3 Å². The average molecular weight is 435 g/mol. The third-order valence-corrected chi connectivity index (χ3v) is 6.45. The van der Waals surface area contributed by atoms with Crippen LogP contribution in [0.2, 0.25) is 0 Å². The van der Waals surface area contributed by atoms with E-state index in [1.165, 1.54) is 11.3 Å². The van der Waals surface area contributed by atoms with E-state index >= 15 is 0 Å². The van der Waals surface area contributed by atoms with Crippen molar-refractivity contribution in [1.29, 1.82) is 0 Å². The number of benzene rings is 2. The molecule has 0 saturated carbocycles. The minimum absolute atomic E-state index is 0.00677. The van der Waals surface area contributed by atoms with Crippen LogP contribution in [-0.2, 0) is 0 Å². The van der Waals surface area contributed by atoms with Gasteiger partial charge in [0.25, 0.3) is 11.8 Å². The minimum Gasteiger partial charge on any atom is -0.486 e. The van der Waals surface area contributed by atoms with Gasteiger partial charge in [-0.25, -0.2) is 0 Å². The van der Waals surface area contributed by atoms with Gasteiger partial charge in [-0.1, -0.05) is 18.2 Å². The van der Waals surface area contributed by atoms with E-state index in [9.17, 15) is 9.59 Å². The van der Waals surface area contributed by atoms with E-state index in [4.69, 9.17) is 9.47 Å². The molecule has 1 saturated heterocycles. The molecule has 0 bridgehead atoms. The first-order valence-electron chi connectivity index (χ1n) is 10.3.